The van der Waals surface area contributed by atoms with Gasteiger partial charge in [0.05, 0.1) is 5.92 Å². The fourth-order valence-electron chi connectivity index (χ4n) is 2.46. The summed E-state index contributed by atoms with van der Waals surface area (Å²) in [5.41, 5.74) is 0. The summed E-state index contributed by atoms with van der Waals surface area (Å²) in [5.74, 6) is -1.99. The number of carbonyl (C=O) groups is 1. The van der Waals surface area contributed by atoms with E-state index in [2.05, 4.69) is 21.2 Å². The minimum absolute atomic E-state index is 0.0514. The Labute approximate surface area is 120 Å². The summed E-state index contributed by atoms with van der Waals surface area (Å²) in [6, 6.07) is 0. The molecule has 0 heterocycles. The molecule has 1 amide bonds. The molecule has 112 valence electrons. The Morgan fingerprint density at radius 3 is 2.68 bits per heavy atom. The zero-order chi connectivity index (χ0) is 14.5. The van der Waals surface area contributed by atoms with Gasteiger partial charge in [0.2, 0.25) is 5.91 Å². The third-order valence-corrected chi connectivity index (χ3v) is 4.04. The molecule has 0 saturated heterocycles. The Bertz CT molecular complexity index is 294. The predicted molar refractivity (Wildman–Crippen MR) is 72.1 cm³/mol. The summed E-state index contributed by atoms with van der Waals surface area (Å²) < 4.78 is 37.9. The van der Waals surface area contributed by atoms with Gasteiger partial charge in [-0.15, -0.1) is 0 Å². The van der Waals surface area contributed by atoms with Crippen LogP contribution in [0.25, 0.3) is 0 Å². The molecule has 0 aromatic heterocycles. The molecule has 2 nitrogen and oxygen atoms in total. The summed E-state index contributed by atoms with van der Waals surface area (Å²) in [6.45, 7) is 2.57. The molecule has 1 saturated carbocycles. The number of hydrogen-bond acceptors (Lipinski definition) is 1. The summed E-state index contributed by atoms with van der Waals surface area (Å²) in [5, 5.41) is 2.75. The normalized spacial score (nSPS) is 25.9. The Morgan fingerprint density at radius 2 is 2.11 bits per heavy atom. The SMILES string of the molecule is CC(Br)CCCNC(=O)C1CCCC(C(F)(F)F)C1. The van der Waals surface area contributed by atoms with E-state index in [1.807, 2.05) is 6.92 Å². The van der Waals surface area contributed by atoms with Crippen LogP contribution in [0.2, 0.25) is 0 Å². The van der Waals surface area contributed by atoms with Gasteiger partial charge < -0.3 is 5.32 Å². The molecule has 0 spiro atoms. The van der Waals surface area contributed by atoms with Crippen LogP contribution in [-0.4, -0.2) is 23.5 Å². The molecule has 0 aromatic carbocycles. The Balaban J connectivity index is 2.32. The topological polar surface area (TPSA) is 29.1 Å². The second kappa shape index (κ2) is 7.50. The smallest absolute Gasteiger partial charge is 0.356 e. The standard InChI is InChI=1S/C13H21BrF3NO/c1-9(14)4-3-7-18-12(19)10-5-2-6-11(8-10)13(15,16)17/h9-11H,2-8H2,1H3,(H,18,19). The van der Waals surface area contributed by atoms with Gasteiger partial charge in [-0.2, -0.15) is 13.2 Å². The molecule has 1 fully saturated rings. The van der Waals surface area contributed by atoms with Crippen LogP contribution in [0.15, 0.2) is 0 Å². The Hall–Kier alpha value is -0.260. The highest BCUT2D eigenvalue weighted by atomic mass is 79.9. The Morgan fingerprint density at radius 1 is 1.42 bits per heavy atom. The number of alkyl halides is 4. The van der Waals surface area contributed by atoms with E-state index in [4.69, 9.17) is 0 Å². The van der Waals surface area contributed by atoms with E-state index in [0.29, 0.717) is 24.2 Å². The van der Waals surface area contributed by atoms with Crippen molar-refractivity contribution in [2.75, 3.05) is 6.54 Å². The van der Waals surface area contributed by atoms with Crippen molar-refractivity contribution in [1.29, 1.82) is 0 Å². The van der Waals surface area contributed by atoms with E-state index in [9.17, 15) is 18.0 Å². The highest BCUT2D eigenvalue weighted by Crippen LogP contribution is 2.39. The highest BCUT2D eigenvalue weighted by Gasteiger charge is 2.43. The Kier molecular flexibility index (Phi) is 6.63. The van der Waals surface area contributed by atoms with Crippen molar-refractivity contribution < 1.29 is 18.0 Å². The third-order valence-electron chi connectivity index (χ3n) is 3.59. The molecule has 3 unspecified atom stereocenters. The number of halogens is 4. The van der Waals surface area contributed by atoms with Crippen molar-refractivity contribution in [1.82, 2.24) is 5.32 Å². The van der Waals surface area contributed by atoms with E-state index in [1.165, 1.54) is 0 Å². The summed E-state index contributed by atoms with van der Waals surface area (Å²) in [6.07, 6.45) is -1.21. The van der Waals surface area contributed by atoms with Gasteiger partial charge in [0.15, 0.2) is 0 Å². The second-order valence-electron chi connectivity index (χ2n) is 5.32. The average molecular weight is 344 g/mol. The lowest BCUT2D eigenvalue weighted by atomic mass is 9.80. The second-order valence-corrected chi connectivity index (χ2v) is 6.88. The van der Waals surface area contributed by atoms with Gasteiger partial charge >= 0.3 is 6.18 Å². The first-order chi connectivity index (χ1) is 8.80. The molecule has 0 aliphatic heterocycles. The minimum Gasteiger partial charge on any atom is -0.356 e. The summed E-state index contributed by atoms with van der Waals surface area (Å²) in [7, 11) is 0. The lowest BCUT2D eigenvalue weighted by Gasteiger charge is -2.29. The van der Waals surface area contributed by atoms with Crippen LogP contribution >= 0.6 is 15.9 Å². The van der Waals surface area contributed by atoms with Gasteiger partial charge in [0.1, 0.15) is 0 Å². The van der Waals surface area contributed by atoms with Crippen molar-refractivity contribution in [3.8, 4) is 0 Å². The van der Waals surface area contributed by atoms with Crippen molar-refractivity contribution in [2.24, 2.45) is 11.8 Å². The molecule has 0 radical (unpaired) electrons. The molecule has 1 aliphatic carbocycles. The fourth-order valence-corrected chi connectivity index (χ4v) is 2.79. The molecule has 1 N–H and O–H groups in total. The highest BCUT2D eigenvalue weighted by molar-refractivity contribution is 9.09. The van der Waals surface area contributed by atoms with Crippen LogP contribution < -0.4 is 5.32 Å². The van der Waals surface area contributed by atoms with E-state index in [0.717, 1.165) is 12.8 Å². The van der Waals surface area contributed by atoms with Crippen LogP contribution in [0.3, 0.4) is 0 Å². The largest absolute Gasteiger partial charge is 0.391 e. The lowest BCUT2D eigenvalue weighted by molar-refractivity contribution is -0.186. The van der Waals surface area contributed by atoms with E-state index in [1.54, 1.807) is 0 Å². The molecule has 6 heteroatoms. The van der Waals surface area contributed by atoms with Gasteiger partial charge in [-0.1, -0.05) is 29.3 Å². The van der Waals surface area contributed by atoms with Crippen LogP contribution in [0.4, 0.5) is 13.2 Å². The van der Waals surface area contributed by atoms with Gasteiger partial charge in [-0.3, -0.25) is 4.79 Å². The van der Waals surface area contributed by atoms with E-state index >= 15 is 0 Å². The van der Waals surface area contributed by atoms with Crippen LogP contribution in [-0.2, 0) is 4.79 Å². The van der Waals surface area contributed by atoms with Crippen LogP contribution in [0, 0.1) is 11.8 Å². The van der Waals surface area contributed by atoms with Crippen molar-refractivity contribution >= 4 is 21.8 Å². The van der Waals surface area contributed by atoms with Crippen molar-refractivity contribution in [3.05, 3.63) is 0 Å². The number of amides is 1. The number of rotatable bonds is 5. The molecule has 3 atom stereocenters. The minimum atomic E-state index is -4.16. The molecule has 1 aliphatic rings. The molecule has 0 bridgehead atoms. The molecule has 1 rings (SSSR count). The third kappa shape index (κ3) is 6.15. The molecule has 19 heavy (non-hydrogen) atoms. The first-order valence-corrected chi connectivity index (χ1v) is 7.70. The average Bonchev–Trinajstić information content (AvgIpc) is 2.33. The number of nitrogens with one attached hydrogen (secondary N) is 1. The predicted octanol–water partition coefficient (Wildman–Crippen LogP) is 4.03. The van der Waals surface area contributed by atoms with Crippen LogP contribution in [0.5, 0.6) is 0 Å². The number of carbonyl (C=O) groups excluding carboxylic acids is 1. The fraction of sp³-hybridized carbons (Fsp3) is 0.923. The first-order valence-electron chi connectivity index (χ1n) is 6.79. The maximum Gasteiger partial charge on any atom is 0.391 e. The van der Waals surface area contributed by atoms with Gasteiger partial charge in [0, 0.05) is 17.3 Å². The maximum atomic E-state index is 12.6. The van der Waals surface area contributed by atoms with E-state index in [-0.39, 0.29) is 18.7 Å². The molecular formula is C13H21BrF3NO. The van der Waals surface area contributed by atoms with Gasteiger partial charge in [0.25, 0.3) is 0 Å². The van der Waals surface area contributed by atoms with Crippen molar-refractivity contribution in [2.45, 2.75) is 56.5 Å². The molecular weight excluding hydrogens is 323 g/mol. The van der Waals surface area contributed by atoms with Gasteiger partial charge in [-0.25, -0.2) is 0 Å². The summed E-state index contributed by atoms with van der Waals surface area (Å²) in [4.78, 5) is 12.2. The zero-order valence-corrected chi connectivity index (χ0v) is 12.7. The van der Waals surface area contributed by atoms with Gasteiger partial charge in [-0.05, 0) is 32.1 Å². The molecule has 0 aromatic rings. The first kappa shape index (κ1) is 16.8. The zero-order valence-electron chi connectivity index (χ0n) is 11.1. The van der Waals surface area contributed by atoms with Crippen LogP contribution in [0.1, 0.15) is 45.4 Å². The monoisotopic (exact) mass is 343 g/mol. The number of hydrogen-bond donors (Lipinski definition) is 1. The quantitative estimate of drug-likeness (QED) is 0.592. The van der Waals surface area contributed by atoms with E-state index < -0.39 is 18.0 Å². The lowest BCUT2D eigenvalue weighted by Crippen LogP contribution is -2.37. The van der Waals surface area contributed by atoms with Crippen molar-refractivity contribution in [3.63, 3.8) is 0 Å². The maximum absolute atomic E-state index is 12.6. The summed E-state index contributed by atoms with van der Waals surface area (Å²) >= 11 is 3.41.